The highest BCUT2D eigenvalue weighted by molar-refractivity contribution is 5.91. The number of aliphatic hydroxyl groups is 1. The van der Waals surface area contributed by atoms with E-state index in [2.05, 4.69) is 20.3 Å². The molecule has 7 nitrogen and oxygen atoms in total. The van der Waals surface area contributed by atoms with Crippen LogP contribution in [0, 0.1) is 12.7 Å². The summed E-state index contributed by atoms with van der Waals surface area (Å²) in [5.41, 5.74) is 1.03. The van der Waals surface area contributed by atoms with Gasteiger partial charge in [0.2, 0.25) is 5.91 Å². The molecular weight excluding hydrogens is 327 g/mol. The van der Waals surface area contributed by atoms with Crippen LogP contribution in [0.25, 0.3) is 0 Å². The number of carbonyl (C=O) groups excluding carboxylic acids is 1. The molecule has 8 heteroatoms. The zero-order chi connectivity index (χ0) is 17.8. The van der Waals surface area contributed by atoms with Gasteiger partial charge < -0.3 is 10.4 Å². The number of piperidine rings is 1. The summed E-state index contributed by atoms with van der Waals surface area (Å²) in [5.74, 6) is -0.284. The van der Waals surface area contributed by atoms with Gasteiger partial charge in [0.25, 0.3) is 0 Å². The maximum absolute atomic E-state index is 14.0. The predicted molar refractivity (Wildman–Crippen MR) is 88.4 cm³/mol. The molecule has 0 bridgehead atoms. The Morgan fingerprint density at radius 2 is 2.24 bits per heavy atom. The highest BCUT2D eigenvalue weighted by Gasteiger charge is 2.32. The molecule has 3 rings (SSSR count). The second-order valence-electron chi connectivity index (χ2n) is 6.29. The zero-order valence-electron chi connectivity index (χ0n) is 14.0. The van der Waals surface area contributed by atoms with Gasteiger partial charge in [-0.05, 0) is 49.5 Å². The Labute approximate surface area is 144 Å². The van der Waals surface area contributed by atoms with Crippen LogP contribution in [0.3, 0.4) is 0 Å². The number of anilines is 1. The van der Waals surface area contributed by atoms with Crippen LogP contribution in [0.15, 0.2) is 28.9 Å². The van der Waals surface area contributed by atoms with Gasteiger partial charge in [-0.3, -0.25) is 9.69 Å². The van der Waals surface area contributed by atoms with Gasteiger partial charge in [-0.1, -0.05) is 23.4 Å². The maximum atomic E-state index is 14.0. The number of hydrogen-bond acceptors (Lipinski definition) is 6. The molecule has 2 aromatic rings. The van der Waals surface area contributed by atoms with Crippen molar-refractivity contribution in [1.29, 1.82) is 0 Å². The number of aliphatic hydroxyl groups excluding tert-OH is 1. The predicted octanol–water partition coefficient (Wildman–Crippen LogP) is 1.52. The fraction of sp³-hybridized carbons (Fsp3) is 0.471. The first kappa shape index (κ1) is 17.5. The summed E-state index contributed by atoms with van der Waals surface area (Å²) in [7, 11) is 0. The number of benzene rings is 1. The molecule has 2 atom stereocenters. The van der Waals surface area contributed by atoms with Gasteiger partial charge >= 0.3 is 0 Å². The summed E-state index contributed by atoms with van der Waals surface area (Å²) < 4.78 is 18.5. The number of carbonyl (C=O) groups is 1. The Kier molecular flexibility index (Phi) is 5.40. The van der Waals surface area contributed by atoms with Crippen molar-refractivity contribution in [1.82, 2.24) is 15.2 Å². The van der Waals surface area contributed by atoms with Crippen molar-refractivity contribution < 1.29 is 18.9 Å². The van der Waals surface area contributed by atoms with Gasteiger partial charge in [0.1, 0.15) is 11.5 Å². The number of likely N-dealkylation sites (tertiary alicyclic amines) is 1. The van der Waals surface area contributed by atoms with Gasteiger partial charge in [0, 0.05) is 6.04 Å². The van der Waals surface area contributed by atoms with Crippen molar-refractivity contribution in [3.05, 3.63) is 41.3 Å². The van der Waals surface area contributed by atoms with E-state index in [0.717, 1.165) is 6.42 Å². The third-order valence-electron chi connectivity index (χ3n) is 4.50. The first-order valence-corrected chi connectivity index (χ1v) is 8.29. The minimum atomic E-state index is -0.600. The van der Waals surface area contributed by atoms with Crippen molar-refractivity contribution in [2.75, 3.05) is 18.4 Å². The van der Waals surface area contributed by atoms with Crippen LogP contribution >= 0.6 is 0 Å². The number of hydrogen-bond donors (Lipinski definition) is 2. The Morgan fingerprint density at radius 3 is 2.96 bits per heavy atom. The van der Waals surface area contributed by atoms with Gasteiger partial charge in [-0.25, -0.2) is 9.02 Å². The number of rotatable bonds is 5. The van der Waals surface area contributed by atoms with Crippen molar-refractivity contribution in [3.8, 4) is 0 Å². The monoisotopic (exact) mass is 348 g/mol. The van der Waals surface area contributed by atoms with Gasteiger partial charge in [-0.2, -0.15) is 0 Å². The highest BCUT2D eigenvalue weighted by atomic mass is 19.1. The molecule has 0 radical (unpaired) electrons. The van der Waals surface area contributed by atoms with E-state index in [4.69, 9.17) is 0 Å². The molecule has 0 saturated carbocycles. The lowest BCUT2D eigenvalue weighted by Gasteiger charge is -2.38. The largest absolute Gasteiger partial charge is 0.391 e. The summed E-state index contributed by atoms with van der Waals surface area (Å²) in [6.45, 7) is 2.43. The van der Waals surface area contributed by atoms with E-state index in [9.17, 15) is 14.3 Å². The van der Waals surface area contributed by atoms with E-state index >= 15 is 0 Å². The molecule has 1 amide bonds. The average molecular weight is 348 g/mol. The Balaban J connectivity index is 1.68. The Hall–Kier alpha value is -2.32. The van der Waals surface area contributed by atoms with Crippen LogP contribution < -0.4 is 5.32 Å². The molecule has 1 aliphatic rings. The lowest BCUT2D eigenvalue weighted by Crippen LogP contribution is -2.52. The smallest absolute Gasteiger partial charge is 0.239 e. The van der Waals surface area contributed by atoms with Crippen LogP contribution in [-0.4, -0.2) is 51.5 Å². The van der Waals surface area contributed by atoms with Gasteiger partial charge in [0.05, 0.1) is 12.6 Å². The van der Waals surface area contributed by atoms with E-state index in [1.165, 1.54) is 6.07 Å². The topological polar surface area (TPSA) is 91.5 Å². The van der Waals surface area contributed by atoms with Crippen LogP contribution in [0.1, 0.15) is 24.1 Å². The Bertz CT molecular complexity index is 736. The molecule has 1 aromatic carbocycles. The van der Waals surface area contributed by atoms with Crippen LogP contribution in [-0.2, 0) is 11.2 Å². The summed E-state index contributed by atoms with van der Waals surface area (Å²) in [6.07, 6.45) is 1.18. The number of aryl methyl sites for hydroxylation is 1. The third kappa shape index (κ3) is 4.21. The second-order valence-corrected chi connectivity index (χ2v) is 6.29. The Morgan fingerprint density at radius 1 is 1.44 bits per heavy atom. The molecule has 134 valence electrons. The molecule has 2 N–H and O–H groups in total. The van der Waals surface area contributed by atoms with Gasteiger partial charge in [0.15, 0.2) is 5.82 Å². The quantitative estimate of drug-likeness (QED) is 0.851. The first-order chi connectivity index (χ1) is 12.0. The molecule has 1 fully saturated rings. The molecule has 0 aliphatic carbocycles. The number of halogens is 1. The lowest BCUT2D eigenvalue weighted by molar-refractivity contribution is -0.119. The molecular formula is C17H21FN4O3. The molecule has 1 saturated heterocycles. The number of nitrogens with one attached hydrogen (secondary N) is 1. The summed E-state index contributed by atoms with van der Waals surface area (Å²) in [6, 6.07) is 6.20. The molecule has 25 heavy (non-hydrogen) atoms. The summed E-state index contributed by atoms with van der Waals surface area (Å²) >= 11 is 0. The fourth-order valence-corrected chi connectivity index (χ4v) is 3.16. The second kappa shape index (κ2) is 7.71. The van der Waals surface area contributed by atoms with E-state index < -0.39 is 6.10 Å². The summed E-state index contributed by atoms with van der Waals surface area (Å²) in [4.78, 5) is 14.2. The van der Waals surface area contributed by atoms with Crippen LogP contribution in [0.5, 0.6) is 0 Å². The minimum absolute atomic E-state index is 0.0858. The molecule has 2 heterocycles. The number of amides is 1. The maximum Gasteiger partial charge on any atom is 0.239 e. The SMILES string of the molecule is Cc1nonc1NC(=O)CN1CCC[C@H](O)[C@@H]1Cc1ccccc1F. The van der Waals surface area contributed by atoms with E-state index in [1.54, 1.807) is 25.1 Å². The van der Waals surface area contributed by atoms with E-state index in [-0.39, 0.29) is 30.1 Å². The van der Waals surface area contributed by atoms with Crippen molar-refractivity contribution in [2.24, 2.45) is 0 Å². The average Bonchev–Trinajstić information content (AvgIpc) is 2.97. The molecule has 0 spiro atoms. The zero-order valence-corrected chi connectivity index (χ0v) is 14.0. The minimum Gasteiger partial charge on any atom is -0.391 e. The van der Waals surface area contributed by atoms with Crippen LogP contribution in [0.2, 0.25) is 0 Å². The lowest BCUT2D eigenvalue weighted by atomic mass is 9.92. The summed E-state index contributed by atoms with van der Waals surface area (Å²) in [5, 5.41) is 20.3. The van der Waals surface area contributed by atoms with E-state index in [0.29, 0.717) is 30.6 Å². The molecule has 0 unspecified atom stereocenters. The van der Waals surface area contributed by atoms with Crippen molar-refractivity contribution in [2.45, 2.75) is 38.3 Å². The standard InChI is InChI=1S/C17H21FN4O3/c1-11-17(21-25-20-11)19-16(24)10-22-8-4-7-15(23)14(22)9-12-5-2-3-6-13(12)18/h2-3,5-6,14-15,23H,4,7-10H2,1H3,(H,19,21,24)/t14-,15-/m0/s1. The van der Waals surface area contributed by atoms with E-state index in [1.807, 2.05) is 4.90 Å². The number of aromatic nitrogens is 2. The first-order valence-electron chi connectivity index (χ1n) is 8.29. The molecule has 1 aromatic heterocycles. The van der Waals surface area contributed by atoms with Crippen molar-refractivity contribution >= 4 is 11.7 Å². The fourth-order valence-electron chi connectivity index (χ4n) is 3.16. The normalized spacial score (nSPS) is 21.2. The number of nitrogens with zero attached hydrogens (tertiary/aromatic N) is 3. The van der Waals surface area contributed by atoms with Crippen molar-refractivity contribution in [3.63, 3.8) is 0 Å². The third-order valence-corrected chi connectivity index (χ3v) is 4.50. The van der Waals surface area contributed by atoms with Crippen LogP contribution in [0.4, 0.5) is 10.2 Å². The van der Waals surface area contributed by atoms with Gasteiger partial charge in [-0.15, -0.1) is 0 Å². The molecule has 1 aliphatic heterocycles. The highest BCUT2D eigenvalue weighted by Crippen LogP contribution is 2.22.